The van der Waals surface area contributed by atoms with Crippen LogP contribution >= 0.6 is 0 Å². The van der Waals surface area contributed by atoms with Gasteiger partial charge < -0.3 is 25.4 Å². The van der Waals surface area contributed by atoms with Gasteiger partial charge in [0.25, 0.3) is 0 Å². The summed E-state index contributed by atoms with van der Waals surface area (Å²) in [4.78, 5) is 43.6. The molecule has 0 radical (unpaired) electrons. The highest BCUT2D eigenvalue weighted by Crippen LogP contribution is 2.42. The Kier molecular flexibility index (Phi) is 9.79. The zero-order valence-electron chi connectivity index (χ0n) is 25.9. The number of alkyl carbamates (subject to hydrolysis) is 1. The van der Waals surface area contributed by atoms with Crippen LogP contribution in [0.5, 0.6) is 5.75 Å². The van der Waals surface area contributed by atoms with E-state index >= 15 is 0 Å². The molecule has 0 bridgehead atoms. The van der Waals surface area contributed by atoms with Crippen LogP contribution in [0.3, 0.4) is 0 Å². The fraction of sp³-hybridized carbons (Fsp3) is 0.400. The zero-order chi connectivity index (χ0) is 31.3. The van der Waals surface area contributed by atoms with E-state index in [9.17, 15) is 19.5 Å². The lowest BCUT2D eigenvalue weighted by molar-refractivity contribution is -0.143. The van der Waals surface area contributed by atoms with Crippen molar-refractivity contribution in [3.63, 3.8) is 0 Å². The lowest BCUT2D eigenvalue weighted by atomic mass is 9.93. The van der Waals surface area contributed by atoms with Gasteiger partial charge in [0, 0.05) is 19.0 Å². The van der Waals surface area contributed by atoms with Crippen molar-refractivity contribution in [1.82, 2.24) is 15.5 Å². The van der Waals surface area contributed by atoms with Crippen molar-refractivity contribution in [2.45, 2.75) is 84.7 Å². The van der Waals surface area contributed by atoms with E-state index in [1.807, 2.05) is 62.4 Å². The molecule has 1 fully saturated rings. The summed E-state index contributed by atoms with van der Waals surface area (Å²) in [5.41, 5.74) is 3.51. The first kappa shape index (κ1) is 31.6. The maximum absolute atomic E-state index is 14.7. The second-order valence-corrected chi connectivity index (χ2v) is 12.5. The first-order valence-electron chi connectivity index (χ1n) is 14.8. The second-order valence-electron chi connectivity index (χ2n) is 12.5. The van der Waals surface area contributed by atoms with Crippen molar-refractivity contribution in [3.8, 4) is 5.75 Å². The number of rotatable bonds is 10. The third-order valence-electron chi connectivity index (χ3n) is 7.70. The maximum Gasteiger partial charge on any atom is 0.408 e. The summed E-state index contributed by atoms with van der Waals surface area (Å²) in [5.74, 6) is -0.357. The average Bonchev–Trinajstić information content (AvgIpc) is 3.66. The Balaban J connectivity index is 1.75. The van der Waals surface area contributed by atoms with Crippen molar-refractivity contribution < 1.29 is 24.2 Å². The molecule has 0 heterocycles. The van der Waals surface area contributed by atoms with Crippen molar-refractivity contribution in [3.05, 3.63) is 101 Å². The van der Waals surface area contributed by atoms with Crippen LogP contribution in [0.1, 0.15) is 68.0 Å². The van der Waals surface area contributed by atoms with E-state index < -0.39 is 23.8 Å². The van der Waals surface area contributed by atoms with Crippen molar-refractivity contribution in [2.24, 2.45) is 5.92 Å². The summed E-state index contributed by atoms with van der Waals surface area (Å²) in [7, 11) is 0. The number of hydrogen-bond donors (Lipinski definition) is 3. The van der Waals surface area contributed by atoms with Gasteiger partial charge in [-0.05, 0) is 86.9 Å². The van der Waals surface area contributed by atoms with Crippen LogP contribution in [-0.2, 0) is 27.3 Å². The summed E-state index contributed by atoms with van der Waals surface area (Å²) in [6.45, 7) is 11.6. The van der Waals surface area contributed by atoms with Crippen LogP contribution in [-0.4, -0.2) is 45.6 Å². The fourth-order valence-corrected chi connectivity index (χ4v) is 5.41. The molecule has 1 aliphatic carbocycles. The normalized spacial score (nSPS) is 17.3. The number of carbonyl (C=O) groups excluding carboxylic acids is 3. The maximum atomic E-state index is 14.7. The first-order chi connectivity index (χ1) is 20.3. The Hall–Kier alpha value is -4.33. The van der Waals surface area contributed by atoms with Gasteiger partial charge in [0.1, 0.15) is 23.4 Å². The van der Waals surface area contributed by atoms with Gasteiger partial charge in [0.05, 0.1) is 0 Å². The minimum atomic E-state index is -1.01. The van der Waals surface area contributed by atoms with Gasteiger partial charge in [-0.25, -0.2) is 4.79 Å². The molecule has 4 rings (SSSR count). The number of ether oxygens (including phenoxy) is 1. The Morgan fingerprint density at radius 3 is 2.09 bits per heavy atom. The van der Waals surface area contributed by atoms with Gasteiger partial charge in [-0.3, -0.25) is 9.59 Å². The molecule has 0 aromatic heterocycles. The fourth-order valence-electron chi connectivity index (χ4n) is 5.41. The zero-order valence-corrected chi connectivity index (χ0v) is 25.9. The highest BCUT2D eigenvalue weighted by atomic mass is 16.6. The third-order valence-corrected chi connectivity index (χ3v) is 7.70. The van der Waals surface area contributed by atoms with Crippen LogP contribution in [0.2, 0.25) is 0 Å². The number of aryl methyl sites for hydroxylation is 2. The van der Waals surface area contributed by atoms with Crippen LogP contribution in [0.25, 0.3) is 0 Å². The van der Waals surface area contributed by atoms with Crippen molar-refractivity contribution >= 4 is 17.9 Å². The van der Waals surface area contributed by atoms with Gasteiger partial charge in [-0.2, -0.15) is 0 Å². The van der Waals surface area contributed by atoms with Crippen LogP contribution in [0.4, 0.5) is 4.79 Å². The van der Waals surface area contributed by atoms with E-state index in [0.29, 0.717) is 6.54 Å². The van der Waals surface area contributed by atoms with E-state index in [4.69, 9.17) is 4.74 Å². The quantitative estimate of drug-likeness (QED) is 0.281. The van der Waals surface area contributed by atoms with E-state index in [1.165, 1.54) is 0 Å². The smallest absolute Gasteiger partial charge is 0.408 e. The predicted octanol–water partition coefficient (Wildman–Crippen LogP) is 5.74. The van der Waals surface area contributed by atoms with Crippen LogP contribution in [0.15, 0.2) is 72.8 Å². The molecular weight excluding hydrogens is 542 g/mol. The molecule has 3 amide bonds. The number of nitrogens with zero attached hydrogens (tertiary/aromatic N) is 1. The minimum Gasteiger partial charge on any atom is -0.508 e. The topological polar surface area (TPSA) is 108 Å². The summed E-state index contributed by atoms with van der Waals surface area (Å²) in [6.07, 6.45) is 0.184. The molecule has 1 saturated carbocycles. The molecule has 0 aliphatic heterocycles. The molecule has 3 aromatic rings. The molecule has 8 heteroatoms. The molecule has 4 unspecified atom stereocenters. The highest BCUT2D eigenvalue weighted by molar-refractivity contribution is 5.93. The van der Waals surface area contributed by atoms with Gasteiger partial charge in [0.2, 0.25) is 11.8 Å². The summed E-state index contributed by atoms with van der Waals surface area (Å²) < 4.78 is 5.53. The predicted molar refractivity (Wildman–Crippen MR) is 166 cm³/mol. The van der Waals surface area contributed by atoms with Gasteiger partial charge >= 0.3 is 6.09 Å². The Morgan fingerprint density at radius 1 is 0.930 bits per heavy atom. The Morgan fingerprint density at radius 2 is 1.53 bits per heavy atom. The summed E-state index contributed by atoms with van der Waals surface area (Å²) in [5, 5.41) is 15.7. The summed E-state index contributed by atoms with van der Waals surface area (Å²) in [6, 6.07) is 19.9. The number of phenolic OH excluding ortho intramolecular Hbond substituents is 1. The number of benzene rings is 3. The number of nitrogens with one attached hydrogen (secondary N) is 2. The minimum absolute atomic E-state index is 0.102. The molecular formula is C35H43N3O5. The number of amides is 3. The van der Waals surface area contributed by atoms with E-state index in [1.54, 1.807) is 49.9 Å². The molecule has 3 N–H and O–H groups in total. The summed E-state index contributed by atoms with van der Waals surface area (Å²) >= 11 is 0. The molecule has 228 valence electrons. The Labute approximate surface area is 254 Å². The van der Waals surface area contributed by atoms with Crippen molar-refractivity contribution in [2.75, 3.05) is 0 Å². The number of carbonyl (C=O) groups is 3. The van der Waals surface area contributed by atoms with Crippen molar-refractivity contribution in [1.29, 1.82) is 0 Å². The molecule has 8 nitrogen and oxygen atoms in total. The third kappa shape index (κ3) is 8.37. The molecule has 3 aromatic carbocycles. The lowest BCUT2D eigenvalue weighted by Gasteiger charge is -2.36. The number of phenols is 1. The largest absolute Gasteiger partial charge is 0.508 e. The van der Waals surface area contributed by atoms with Crippen LogP contribution < -0.4 is 10.6 Å². The molecule has 4 atom stereocenters. The average molecular weight is 586 g/mol. The van der Waals surface area contributed by atoms with Gasteiger partial charge in [0.15, 0.2) is 0 Å². The SMILES string of the molecule is Cc1cccc(C)c1C(C(=O)NCc1ccccc1)N(C(=O)C(Cc1ccc(O)cc1)NC(=O)OC(C)(C)C)C1CC1C. The first-order valence-corrected chi connectivity index (χ1v) is 14.8. The molecule has 0 spiro atoms. The standard InChI is InChI=1S/C35H43N3O5/c1-22-11-10-12-23(2)30(22)31(32(40)36-21-26-13-8-7-9-14-26)38(29-19-24(29)3)33(41)28(37-34(42)43-35(4,5)6)20-25-15-17-27(39)18-16-25/h7-18,24,28-29,31,39H,19-21H2,1-6H3,(H,36,40)(H,37,42). The molecule has 1 aliphatic rings. The van der Waals surface area contributed by atoms with E-state index in [0.717, 1.165) is 34.2 Å². The van der Waals surface area contributed by atoms with Gasteiger partial charge in [-0.1, -0.05) is 67.6 Å². The number of hydrogen-bond acceptors (Lipinski definition) is 5. The second kappa shape index (κ2) is 13.3. The number of aromatic hydroxyl groups is 1. The molecule has 0 saturated heterocycles. The van der Waals surface area contributed by atoms with Crippen LogP contribution in [0, 0.1) is 19.8 Å². The lowest BCUT2D eigenvalue weighted by Crippen LogP contribution is -2.55. The Bertz CT molecular complexity index is 1410. The highest BCUT2D eigenvalue weighted by Gasteiger charge is 2.48. The van der Waals surface area contributed by atoms with Gasteiger partial charge in [-0.15, -0.1) is 0 Å². The molecule has 43 heavy (non-hydrogen) atoms. The van der Waals surface area contributed by atoms with E-state index in [-0.39, 0.29) is 35.9 Å². The monoisotopic (exact) mass is 585 g/mol. The van der Waals surface area contributed by atoms with E-state index in [2.05, 4.69) is 17.6 Å².